The molecule has 4 nitrogen and oxygen atoms in total. The largest absolute Gasteiger partial charge is 0.394 e. The summed E-state index contributed by atoms with van der Waals surface area (Å²) in [6, 6.07) is -0.633. The lowest BCUT2D eigenvalue weighted by Gasteiger charge is -2.19. The smallest absolute Gasteiger partial charge is 0.220 e. The van der Waals surface area contributed by atoms with Gasteiger partial charge in [-0.3, -0.25) is 4.79 Å². The number of hydrogen-bond donors (Lipinski definition) is 3. The molecule has 3 N–H and O–H groups in total. The molecule has 266 valence electrons. The van der Waals surface area contributed by atoms with Crippen molar-refractivity contribution in [3.8, 4) is 0 Å². The molecule has 0 rings (SSSR count). The van der Waals surface area contributed by atoms with E-state index in [1.807, 2.05) is 6.08 Å². The van der Waals surface area contributed by atoms with Crippen LogP contribution < -0.4 is 5.32 Å². The summed E-state index contributed by atoms with van der Waals surface area (Å²) >= 11 is 0. The molecule has 1 amide bonds. The second kappa shape index (κ2) is 37.3. The van der Waals surface area contributed by atoms with Crippen molar-refractivity contribution in [3.05, 3.63) is 24.3 Å². The van der Waals surface area contributed by atoms with Crippen LogP contribution in [0.25, 0.3) is 0 Å². The summed E-state index contributed by atoms with van der Waals surface area (Å²) in [6.07, 6.45) is 47.1. The highest BCUT2D eigenvalue weighted by Crippen LogP contribution is 2.15. The van der Waals surface area contributed by atoms with E-state index in [1.54, 1.807) is 6.08 Å². The Hall–Kier alpha value is -1.13. The van der Waals surface area contributed by atoms with Gasteiger partial charge in [-0.2, -0.15) is 0 Å². The average molecular weight is 634 g/mol. The fourth-order valence-corrected chi connectivity index (χ4v) is 6.08. The molecule has 45 heavy (non-hydrogen) atoms. The Morgan fingerprint density at radius 1 is 0.511 bits per heavy atom. The first-order valence-electron chi connectivity index (χ1n) is 20.1. The number of unbranched alkanes of at least 4 members (excludes halogenated alkanes) is 27. The lowest BCUT2D eigenvalue weighted by Crippen LogP contribution is -2.45. The third-order valence-corrected chi connectivity index (χ3v) is 9.19. The Balaban J connectivity index is 3.60. The van der Waals surface area contributed by atoms with Gasteiger partial charge in [0.25, 0.3) is 0 Å². The fraction of sp³-hybridized carbons (Fsp3) is 0.878. The van der Waals surface area contributed by atoms with E-state index in [-0.39, 0.29) is 12.5 Å². The molecular formula is C41H79NO3. The highest BCUT2D eigenvalue weighted by Gasteiger charge is 2.17. The monoisotopic (exact) mass is 634 g/mol. The Bertz CT molecular complexity index is 647. The molecule has 0 aliphatic heterocycles. The summed E-state index contributed by atoms with van der Waals surface area (Å²) in [4.78, 5) is 12.3. The first-order valence-corrected chi connectivity index (χ1v) is 20.1. The van der Waals surface area contributed by atoms with Crippen LogP contribution in [0.1, 0.15) is 213 Å². The lowest BCUT2D eigenvalue weighted by atomic mass is 10.0. The molecule has 0 heterocycles. The van der Waals surface area contributed by atoms with Gasteiger partial charge in [-0.05, 0) is 32.1 Å². The molecule has 0 spiro atoms. The molecule has 0 aliphatic carbocycles. The number of nitrogens with one attached hydrogen (secondary N) is 1. The summed E-state index contributed by atoms with van der Waals surface area (Å²) in [5.41, 5.74) is 0. The van der Waals surface area contributed by atoms with Gasteiger partial charge in [0.05, 0.1) is 18.8 Å². The van der Waals surface area contributed by atoms with E-state index >= 15 is 0 Å². The lowest BCUT2D eigenvalue weighted by molar-refractivity contribution is -0.123. The molecule has 0 aliphatic rings. The van der Waals surface area contributed by atoms with Gasteiger partial charge >= 0.3 is 0 Å². The van der Waals surface area contributed by atoms with Crippen molar-refractivity contribution in [1.82, 2.24) is 5.32 Å². The topological polar surface area (TPSA) is 69.6 Å². The molecule has 0 aromatic heterocycles. The highest BCUT2D eigenvalue weighted by molar-refractivity contribution is 5.76. The predicted octanol–water partition coefficient (Wildman–Crippen LogP) is 12.1. The molecular weight excluding hydrogens is 554 g/mol. The van der Waals surface area contributed by atoms with Crippen LogP contribution in [-0.4, -0.2) is 34.9 Å². The van der Waals surface area contributed by atoms with Crippen molar-refractivity contribution in [1.29, 1.82) is 0 Å². The van der Waals surface area contributed by atoms with Crippen LogP contribution in [-0.2, 0) is 4.79 Å². The third-order valence-electron chi connectivity index (χ3n) is 9.19. The molecule has 0 aromatic carbocycles. The Morgan fingerprint density at radius 2 is 0.867 bits per heavy atom. The molecule has 2 atom stereocenters. The van der Waals surface area contributed by atoms with Crippen LogP contribution in [0, 0.1) is 0 Å². The molecule has 4 heteroatoms. The summed E-state index contributed by atoms with van der Waals surface area (Å²) in [5.74, 6) is -0.0738. The summed E-state index contributed by atoms with van der Waals surface area (Å²) < 4.78 is 0. The van der Waals surface area contributed by atoms with Crippen molar-refractivity contribution >= 4 is 5.91 Å². The van der Waals surface area contributed by atoms with Crippen LogP contribution in [0.3, 0.4) is 0 Å². The van der Waals surface area contributed by atoms with E-state index in [1.165, 1.54) is 161 Å². The van der Waals surface area contributed by atoms with E-state index in [0.717, 1.165) is 32.1 Å². The summed E-state index contributed by atoms with van der Waals surface area (Å²) in [7, 11) is 0. The number of carbonyl (C=O) groups is 1. The van der Waals surface area contributed by atoms with Gasteiger partial charge in [0, 0.05) is 6.42 Å². The normalized spacial score (nSPS) is 13.2. The van der Waals surface area contributed by atoms with Gasteiger partial charge in [-0.1, -0.05) is 199 Å². The van der Waals surface area contributed by atoms with E-state index < -0.39 is 12.1 Å². The summed E-state index contributed by atoms with van der Waals surface area (Å²) in [5, 5.41) is 22.9. The number of aliphatic hydroxyl groups excluding tert-OH is 2. The zero-order chi connectivity index (χ0) is 32.9. The minimum absolute atomic E-state index is 0.0738. The van der Waals surface area contributed by atoms with Gasteiger partial charge in [0.1, 0.15) is 0 Å². The molecule has 0 radical (unpaired) electrons. The zero-order valence-corrected chi connectivity index (χ0v) is 30.4. The molecule has 0 unspecified atom stereocenters. The van der Waals surface area contributed by atoms with Gasteiger partial charge in [-0.25, -0.2) is 0 Å². The van der Waals surface area contributed by atoms with Crippen LogP contribution in [0.15, 0.2) is 24.3 Å². The van der Waals surface area contributed by atoms with E-state index in [9.17, 15) is 15.0 Å². The van der Waals surface area contributed by atoms with Crippen molar-refractivity contribution in [2.24, 2.45) is 0 Å². The van der Waals surface area contributed by atoms with Gasteiger partial charge < -0.3 is 15.5 Å². The molecule has 0 saturated carbocycles. The Kier molecular flexibility index (Phi) is 36.4. The summed E-state index contributed by atoms with van der Waals surface area (Å²) in [6.45, 7) is 4.29. The van der Waals surface area contributed by atoms with E-state index in [2.05, 4.69) is 31.3 Å². The highest BCUT2D eigenvalue weighted by atomic mass is 16.3. The van der Waals surface area contributed by atoms with Gasteiger partial charge in [0.15, 0.2) is 0 Å². The molecule has 0 saturated heterocycles. The number of aliphatic hydroxyl groups is 2. The van der Waals surface area contributed by atoms with E-state index in [4.69, 9.17) is 0 Å². The number of hydrogen-bond acceptors (Lipinski definition) is 3. The van der Waals surface area contributed by atoms with Crippen LogP contribution in [0.5, 0.6) is 0 Å². The first-order chi connectivity index (χ1) is 22.2. The fourth-order valence-electron chi connectivity index (χ4n) is 6.08. The Morgan fingerprint density at radius 3 is 1.29 bits per heavy atom. The van der Waals surface area contributed by atoms with Crippen molar-refractivity contribution < 1.29 is 15.0 Å². The van der Waals surface area contributed by atoms with Crippen molar-refractivity contribution in [3.63, 3.8) is 0 Å². The maximum absolute atomic E-state index is 12.3. The second-order valence-corrected chi connectivity index (χ2v) is 13.7. The van der Waals surface area contributed by atoms with Crippen LogP contribution in [0.2, 0.25) is 0 Å². The number of amides is 1. The number of allylic oxidation sites excluding steroid dienone is 3. The van der Waals surface area contributed by atoms with Crippen LogP contribution in [0.4, 0.5) is 0 Å². The zero-order valence-electron chi connectivity index (χ0n) is 30.4. The maximum Gasteiger partial charge on any atom is 0.220 e. The minimum Gasteiger partial charge on any atom is -0.394 e. The molecule has 0 aromatic rings. The number of rotatable bonds is 36. The SMILES string of the molecule is CCCCCCCCCCCCCCCCC/C=C/CC/C=C/[C@@H](O)[C@H](CO)NC(=O)CCCCCCCCCCCCCC. The number of carbonyl (C=O) groups excluding carboxylic acids is 1. The average Bonchev–Trinajstić information content (AvgIpc) is 3.04. The van der Waals surface area contributed by atoms with Crippen LogP contribution >= 0.6 is 0 Å². The molecule has 0 bridgehead atoms. The van der Waals surface area contributed by atoms with Crippen molar-refractivity contribution in [2.45, 2.75) is 225 Å². The van der Waals surface area contributed by atoms with Crippen molar-refractivity contribution in [2.75, 3.05) is 6.61 Å². The van der Waals surface area contributed by atoms with Gasteiger partial charge in [0.2, 0.25) is 5.91 Å². The quantitative estimate of drug-likeness (QED) is 0.0475. The third kappa shape index (κ3) is 34.0. The Labute approximate surface area is 281 Å². The minimum atomic E-state index is -0.856. The molecule has 0 fully saturated rings. The standard InChI is InChI=1S/C41H79NO3/c1-3-5-7-9-11-13-15-17-18-19-20-21-22-23-24-25-26-28-30-32-34-36-40(44)39(38-43)42-41(45)37-35-33-31-29-27-16-14-12-10-8-6-4-2/h26,28,34,36,39-40,43-44H,3-25,27,29-33,35,37-38H2,1-2H3,(H,42,45)/b28-26+,36-34+/t39-,40+/m0/s1. The van der Waals surface area contributed by atoms with Gasteiger partial charge in [-0.15, -0.1) is 0 Å². The predicted molar refractivity (Wildman–Crippen MR) is 198 cm³/mol. The first kappa shape index (κ1) is 43.9. The maximum atomic E-state index is 12.3. The van der Waals surface area contributed by atoms with E-state index in [0.29, 0.717) is 6.42 Å². The second-order valence-electron chi connectivity index (χ2n) is 13.7.